The molecule has 1 aromatic heterocycles. The zero-order valence-corrected chi connectivity index (χ0v) is 10.3. The van der Waals surface area contributed by atoms with Crippen LogP contribution in [-0.2, 0) is 6.54 Å². The van der Waals surface area contributed by atoms with E-state index in [0.717, 1.165) is 31.4 Å². The zero-order valence-electron chi connectivity index (χ0n) is 10.3. The van der Waals surface area contributed by atoms with Crippen LogP contribution in [0.2, 0.25) is 0 Å². The summed E-state index contributed by atoms with van der Waals surface area (Å²) < 4.78 is 14.8. The van der Waals surface area contributed by atoms with Crippen molar-refractivity contribution in [3.63, 3.8) is 0 Å². The topological polar surface area (TPSA) is 69.6 Å². The van der Waals surface area contributed by atoms with Gasteiger partial charge in [0.25, 0.3) is 0 Å². The molecule has 0 fully saturated rings. The highest BCUT2D eigenvalue weighted by Gasteiger charge is 2.10. The summed E-state index contributed by atoms with van der Waals surface area (Å²) in [6, 6.07) is 4.51. The summed E-state index contributed by atoms with van der Waals surface area (Å²) >= 11 is 0. The molecular formula is C12H16FN5. The molecule has 0 saturated carbocycles. The number of benzene rings is 1. The third-order valence-corrected chi connectivity index (χ3v) is 2.76. The van der Waals surface area contributed by atoms with E-state index in [-0.39, 0.29) is 5.69 Å². The van der Waals surface area contributed by atoms with Crippen molar-refractivity contribution in [2.75, 3.05) is 5.73 Å². The Morgan fingerprint density at radius 3 is 2.89 bits per heavy atom. The average molecular weight is 249 g/mol. The van der Waals surface area contributed by atoms with Crippen molar-refractivity contribution in [2.45, 2.75) is 32.7 Å². The molecule has 1 heterocycles. The molecule has 0 atom stereocenters. The third-order valence-electron chi connectivity index (χ3n) is 2.76. The summed E-state index contributed by atoms with van der Waals surface area (Å²) in [4.78, 5) is 0. The molecule has 0 bridgehead atoms. The number of nitrogen functional groups attached to an aromatic ring is 1. The van der Waals surface area contributed by atoms with E-state index in [1.807, 2.05) is 0 Å². The first-order chi connectivity index (χ1) is 8.72. The standard InChI is InChI=1S/C12H16FN5/c1-2-3-4-7-18-12(15-16-17-18)9-5-6-10(13)11(14)8-9/h5-6,8H,2-4,7,14H2,1H3. The molecule has 0 amide bonds. The van der Waals surface area contributed by atoms with Crippen LogP contribution in [0.25, 0.3) is 11.4 Å². The number of rotatable bonds is 5. The van der Waals surface area contributed by atoms with Gasteiger partial charge in [-0.25, -0.2) is 9.07 Å². The van der Waals surface area contributed by atoms with Crippen molar-refractivity contribution < 1.29 is 4.39 Å². The number of hydrogen-bond donors (Lipinski definition) is 1. The Kier molecular flexibility index (Phi) is 3.86. The molecule has 1 aromatic carbocycles. The van der Waals surface area contributed by atoms with E-state index in [9.17, 15) is 4.39 Å². The fraction of sp³-hybridized carbons (Fsp3) is 0.417. The van der Waals surface area contributed by atoms with Crippen molar-refractivity contribution in [1.29, 1.82) is 0 Å². The van der Waals surface area contributed by atoms with Gasteiger partial charge >= 0.3 is 0 Å². The molecular weight excluding hydrogens is 233 g/mol. The maximum Gasteiger partial charge on any atom is 0.182 e. The summed E-state index contributed by atoms with van der Waals surface area (Å²) in [7, 11) is 0. The van der Waals surface area contributed by atoms with Gasteiger partial charge in [-0.3, -0.25) is 0 Å². The molecule has 18 heavy (non-hydrogen) atoms. The van der Waals surface area contributed by atoms with Crippen LogP contribution in [0.1, 0.15) is 26.2 Å². The minimum absolute atomic E-state index is 0.107. The van der Waals surface area contributed by atoms with Gasteiger partial charge in [-0.1, -0.05) is 19.8 Å². The highest BCUT2D eigenvalue weighted by atomic mass is 19.1. The van der Waals surface area contributed by atoms with Crippen molar-refractivity contribution in [1.82, 2.24) is 20.2 Å². The molecule has 2 N–H and O–H groups in total. The van der Waals surface area contributed by atoms with E-state index in [1.165, 1.54) is 6.07 Å². The second-order valence-electron chi connectivity index (χ2n) is 4.17. The van der Waals surface area contributed by atoms with E-state index in [4.69, 9.17) is 5.73 Å². The Morgan fingerprint density at radius 2 is 2.17 bits per heavy atom. The van der Waals surface area contributed by atoms with Crippen LogP contribution in [0.4, 0.5) is 10.1 Å². The molecule has 6 heteroatoms. The van der Waals surface area contributed by atoms with E-state index >= 15 is 0 Å². The number of anilines is 1. The number of unbranched alkanes of at least 4 members (excludes halogenated alkanes) is 2. The van der Waals surface area contributed by atoms with Crippen molar-refractivity contribution >= 4 is 5.69 Å². The van der Waals surface area contributed by atoms with Gasteiger partial charge < -0.3 is 5.73 Å². The lowest BCUT2D eigenvalue weighted by atomic mass is 10.2. The highest BCUT2D eigenvalue weighted by molar-refractivity contribution is 5.61. The summed E-state index contributed by atoms with van der Waals surface area (Å²) in [6.07, 6.45) is 3.29. The van der Waals surface area contributed by atoms with Gasteiger partial charge in [0.05, 0.1) is 5.69 Å². The number of aromatic nitrogens is 4. The average Bonchev–Trinajstić information content (AvgIpc) is 2.81. The van der Waals surface area contributed by atoms with Gasteiger partial charge in [0.2, 0.25) is 0 Å². The normalized spacial score (nSPS) is 10.8. The van der Waals surface area contributed by atoms with Crippen LogP contribution in [0.5, 0.6) is 0 Å². The lowest BCUT2D eigenvalue weighted by Gasteiger charge is -2.05. The van der Waals surface area contributed by atoms with E-state index in [1.54, 1.807) is 16.8 Å². The molecule has 0 aliphatic rings. The molecule has 0 aliphatic carbocycles. The first kappa shape index (κ1) is 12.5. The molecule has 0 aliphatic heterocycles. The van der Waals surface area contributed by atoms with Gasteiger partial charge in [-0.15, -0.1) is 5.10 Å². The molecule has 0 unspecified atom stereocenters. The number of nitrogens with zero attached hydrogens (tertiary/aromatic N) is 4. The molecule has 2 rings (SSSR count). The molecule has 0 spiro atoms. The lowest BCUT2D eigenvalue weighted by Crippen LogP contribution is -2.03. The Hall–Kier alpha value is -1.98. The quantitative estimate of drug-likeness (QED) is 0.651. The third kappa shape index (κ3) is 2.64. The predicted octanol–water partition coefficient (Wildman–Crippen LogP) is 2.25. The van der Waals surface area contributed by atoms with Crippen LogP contribution in [0.15, 0.2) is 18.2 Å². The van der Waals surface area contributed by atoms with Crippen LogP contribution in [0, 0.1) is 5.82 Å². The van der Waals surface area contributed by atoms with E-state index in [2.05, 4.69) is 22.4 Å². The molecule has 0 radical (unpaired) electrons. The van der Waals surface area contributed by atoms with Crippen LogP contribution in [0.3, 0.4) is 0 Å². The number of aryl methyl sites for hydroxylation is 1. The molecule has 2 aromatic rings. The lowest BCUT2D eigenvalue weighted by molar-refractivity contribution is 0.541. The fourth-order valence-electron chi connectivity index (χ4n) is 1.76. The minimum atomic E-state index is -0.427. The largest absolute Gasteiger partial charge is 0.396 e. The summed E-state index contributed by atoms with van der Waals surface area (Å²) in [5.41, 5.74) is 6.38. The van der Waals surface area contributed by atoms with Crippen LogP contribution < -0.4 is 5.73 Å². The Bertz CT molecular complexity index is 523. The monoisotopic (exact) mass is 249 g/mol. The number of halogens is 1. The Morgan fingerprint density at radius 1 is 1.33 bits per heavy atom. The van der Waals surface area contributed by atoms with Crippen LogP contribution >= 0.6 is 0 Å². The minimum Gasteiger partial charge on any atom is -0.396 e. The van der Waals surface area contributed by atoms with Crippen molar-refractivity contribution in [2.24, 2.45) is 0 Å². The van der Waals surface area contributed by atoms with E-state index < -0.39 is 5.82 Å². The predicted molar refractivity (Wildman–Crippen MR) is 67.1 cm³/mol. The smallest absolute Gasteiger partial charge is 0.182 e. The summed E-state index contributed by atoms with van der Waals surface area (Å²) in [5.74, 6) is 0.196. The summed E-state index contributed by atoms with van der Waals surface area (Å²) in [5, 5.41) is 11.6. The molecule has 5 nitrogen and oxygen atoms in total. The molecule has 0 saturated heterocycles. The van der Waals surface area contributed by atoms with Gasteiger partial charge in [0.15, 0.2) is 5.82 Å². The van der Waals surface area contributed by atoms with Gasteiger partial charge in [0, 0.05) is 12.1 Å². The molecule has 96 valence electrons. The second-order valence-corrected chi connectivity index (χ2v) is 4.17. The zero-order chi connectivity index (χ0) is 13.0. The number of tetrazole rings is 1. The van der Waals surface area contributed by atoms with E-state index in [0.29, 0.717) is 5.82 Å². The Balaban J connectivity index is 2.22. The highest BCUT2D eigenvalue weighted by Crippen LogP contribution is 2.21. The van der Waals surface area contributed by atoms with Gasteiger partial charge in [-0.05, 0) is 35.0 Å². The first-order valence-corrected chi connectivity index (χ1v) is 6.04. The van der Waals surface area contributed by atoms with Crippen molar-refractivity contribution in [3.05, 3.63) is 24.0 Å². The maximum atomic E-state index is 13.1. The second kappa shape index (κ2) is 5.57. The maximum absolute atomic E-state index is 13.1. The first-order valence-electron chi connectivity index (χ1n) is 6.04. The number of hydrogen-bond acceptors (Lipinski definition) is 4. The Labute approximate surface area is 105 Å². The number of nitrogens with two attached hydrogens (primary N) is 1. The van der Waals surface area contributed by atoms with Crippen LogP contribution in [-0.4, -0.2) is 20.2 Å². The summed E-state index contributed by atoms with van der Waals surface area (Å²) in [6.45, 7) is 2.90. The fourth-order valence-corrected chi connectivity index (χ4v) is 1.76. The SMILES string of the molecule is CCCCCn1nnnc1-c1ccc(F)c(N)c1. The van der Waals surface area contributed by atoms with Crippen molar-refractivity contribution in [3.8, 4) is 11.4 Å². The van der Waals surface area contributed by atoms with Gasteiger partial charge in [0.1, 0.15) is 5.82 Å². The van der Waals surface area contributed by atoms with Gasteiger partial charge in [-0.2, -0.15) is 0 Å².